The molecule has 2 fully saturated rings. The molecule has 0 saturated heterocycles. The maximum absolute atomic E-state index is 6.27. The maximum atomic E-state index is 6.27. The van der Waals surface area contributed by atoms with Crippen LogP contribution in [-0.2, 0) is 19.3 Å². The Bertz CT molecular complexity index is 830. The highest BCUT2D eigenvalue weighted by Gasteiger charge is 2.45. The van der Waals surface area contributed by atoms with Crippen LogP contribution < -0.4 is 0 Å². The number of nitrogens with zero attached hydrogens (tertiary/aromatic N) is 1. The van der Waals surface area contributed by atoms with E-state index >= 15 is 0 Å². The number of halogens is 1. The lowest BCUT2D eigenvalue weighted by Gasteiger charge is -2.36. The van der Waals surface area contributed by atoms with Crippen LogP contribution in [0.3, 0.4) is 0 Å². The van der Waals surface area contributed by atoms with Crippen molar-refractivity contribution in [2.75, 3.05) is 0 Å². The van der Waals surface area contributed by atoms with Gasteiger partial charge in [0.25, 0.3) is 0 Å². The topological polar surface area (TPSA) is 12.9 Å². The molecule has 2 aliphatic rings. The predicted molar refractivity (Wildman–Crippen MR) is 123 cm³/mol. The Morgan fingerprint density at radius 3 is 2.21 bits per heavy atom. The quantitative estimate of drug-likeness (QED) is 0.435. The first-order valence-electron chi connectivity index (χ1n) is 11.6. The van der Waals surface area contributed by atoms with Gasteiger partial charge in [-0.05, 0) is 96.4 Å². The molecule has 1 unspecified atom stereocenters. The van der Waals surface area contributed by atoms with Gasteiger partial charge in [0.15, 0.2) is 0 Å². The fraction of sp³-hybridized carbons (Fsp3) is 0.593. The molecule has 1 atom stereocenters. The van der Waals surface area contributed by atoms with Gasteiger partial charge in [-0.3, -0.25) is 4.98 Å². The van der Waals surface area contributed by atoms with Crippen molar-refractivity contribution in [3.63, 3.8) is 0 Å². The predicted octanol–water partition coefficient (Wildman–Crippen LogP) is 7.70. The van der Waals surface area contributed by atoms with Gasteiger partial charge >= 0.3 is 0 Å². The van der Waals surface area contributed by atoms with Gasteiger partial charge in [-0.1, -0.05) is 63.4 Å². The molecule has 4 rings (SSSR count). The van der Waals surface area contributed by atoms with Crippen molar-refractivity contribution < 1.29 is 0 Å². The summed E-state index contributed by atoms with van der Waals surface area (Å²) in [5.41, 5.74) is 5.20. The third-order valence-electron chi connectivity index (χ3n) is 8.16. The number of hydrogen-bond donors (Lipinski definition) is 0. The highest BCUT2D eigenvalue weighted by molar-refractivity contribution is 6.30. The molecule has 0 radical (unpaired) electrons. The number of hydrogen-bond acceptors (Lipinski definition) is 1. The first-order valence-corrected chi connectivity index (χ1v) is 12.0. The van der Waals surface area contributed by atoms with Crippen molar-refractivity contribution in [1.29, 1.82) is 0 Å². The van der Waals surface area contributed by atoms with Gasteiger partial charge in [0.05, 0.1) is 0 Å². The zero-order chi connectivity index (χ0) is 20.5. The summed E-state index contributed by atoms with van der Waals surface area (Å²) in [6, 6.07) is 10.9. The average molecular weight is 410 g/mol. The molecule has 0 aliphatic heterocycles. The molecule has 0 N–H and O–H groups in total. The summed E-state index contributed by atoms with van der Waals surface area (Å²) in [4.78, 5) is 4.64. The van der Waals surface area contributed by atoms with Gasteiger partial charge in [-0.15, -0.1) is 0 Å². The molecule has 1 heterocycles. The number of aromatic nitrogens is 1. The lowest BCUT2D eigenvalue weighted by atomic mass is 9.68. The molecule has 2 aliphatic carbocycles. The first-order chi connectivity index (χ1) is 13.9. The third kappa shape index (κ3) is 4.71. The number of benzene rings is 1. The zero-order valence-electron chi connectivity index (χ0n) is 18.4. The molecule has 2 saturated carbocycles. The lowest BCUT2D eigenvalue weighted by molar-refractivity contribution is 0.178. The molecule has 1 aromatic carbocycles. The van der Waals surface area contributed by atoms with Gasteiger partial charge in [-0.2, -0.15) is 0 Å². The summed E-state index contributed by atoms with van der Waals surface area (Å²) < 4.78 is 0. The Labute approximate surface area is 182 Å². The Morgan fingerprint density at radius 1 is 0.862 bits per heavy atom. The Morgan fingerprint density at radius 2 is 1.55 bits per heavy atom. The third-order valence-corrected chi connectivity index (χ3v) is 8.39. The Kier molecular flexibility index (Phi) is 6.07. The highest BCUT2D eigenvalue weighted by atomic mass is 35.5. The van der Waals surface area contributed by atoms with Gasteiger partial charge in [0.1, 0.15) is 0 Å². The summed E-state index contributed by atoms with van der Waals surface area (Å²) in [5, 5.41) is 0.861. The highest BCUT2D eigenvalue weighted by Crippen LogP contribution is 2.54. The standard InChI is InChI=1S/C27H36ClN/c1-20(2)26(11-12-26)17-24-14-23(18-29-19-24)13-21(3)27(9-4-5-10-27)16-22-7-6-8-25(28)15-22/h6-8,14-15,18-21H,4-5,9-13,16-17H2,1-3H3. The second-order valence-electron chi connectivity index (χ2n) is 10.4. The second kappa shape index (κ2) is 8.42. The minimum absolute atomic E-state index is 0.399. The lowest BCUT2D eigenvalue weighted by Crippen LogP contribution is -2.30. The van der Waals surface area contributed by atoms with Gasteiger partial charge < -0.3 is 0 Å². The van der Waals surface area contributed by atoms with Gasteiger partial charge in [0, 0.05) is 17.4 Å². The summed E-state index contributed by atoms with van der Waals surface area (Å²) >= 11 is 6.27. The van der Waals surface area contributed by atoms with Crippen molar-refractivity contribution in [3.8, 4) is 0 Å². The van der Waals surface area contributed by atoms with Crippen molar-refractivity contribution >= 4 is 11.6 Å². The second-order valence-corrected chi connectivity index (χ2v) is 10.8. The molecule has 1 aromatic heterocycles. The van der Waals surface area contributed by atoms with Gasteiger partial charge in [-0.25, -0.2) is 0 Å². The SMILES string of the molecule is CC(C)C1(Cc2cncc(CC(C)C3(Cc4cccc(Cl)c4)CCCC3)c2)CC1. The normalized spacial score (nSPS) is 20.7. The summed E-state index contributed by atoms with van der Waals surface area (Å²) in [6.45, 7) is 7.23. The van der Waals surface area contributed by atoms with E-state index in [1.807, 2.05) is 6.07 Å². The van der Waals surface area contributed by atoms with E-state index in [1.165, 1.54) is 61.6 Å². The number of pyridine rings is 1. The van der Waals surface area contributed by atoms with Crippen LogP contribution in [0, 0.1) is 22.7 Å². The van der Waals surface area contributed by atoms with Crippen molar-refractivity contribution in [1.82, 2.24) is 4.98 Å². The molecule has 2 aromatic rings. The van der Waals surface area contributed by atoms with E-state index in [9.17, 15) is 0 Å². The van der Waals surface area contributed by atoms with E-state index in [2.05, 4.69) is 62.4 Å². The fourth-order valence-corrected chi connectivity index (χ4v) is 6.03. The monoisotopic (exact) mass is 409 g/mol. The van der Waals surface area contributed by atoms with Crippen LogP contribution in [0.25, 0.3) is 0 Å². The van der Waals surface area contributed by atoms with Crippen molar-refractivity contribution in [2.24, 2.45) is 22.7 Å². The van der Waals surface area contributed by atoms with Crippen LogP contribution in [0.1, 0.15) is 76.0 Å². The molecular weight excluding hydrogens is 374 g/mol. The maximum Gasteiger partial charge on any atom is 0.0408 e. The Balaban J connectivity index is 1.48. The van der Waals surface area contributed by atoms with E-state index in [-0.39, 0.29) is 0 Å². The Hall–Kier alpha value is -1.34. The van der Waals surface area contributed by atoms with Crippen LogP contribution in [0.2, 0.25) is 5.02 Å². The van der Waals surface area contributed by atoms with Crippen LogP contribution in [0.5, 0.6) is 0 Å². The molecule has 29 heavy (non-hydrogen) atoms. The van der Waals surface area contributed by atoms with Crippen molar-refractivity contribution in [3.05, 3.63) is 64.4 Å². The van der Waals surface area contributed by atoms with E-state index in [0.29, 0.717) is 16.7 Å². The van der Waals surface area contributed by atoms with E-state index in [1.54, 1.807) is 0 Å². The van der Waals surface area contributed by atoms with E-state index in [0.717, 1.165) is 23.8 Å². The van der Waals surface area contributed by atoms with Crippen LogP contribution >= 0.6 is 11.6 Å². The summed E-state index contributed by atoms with van der Waals surface area (Å²) in [6.07, 6.45) is 15.9. The van der Waals surface area contributed by atoms with Crippen LogP contribution in [0.15, 0.2) is 42.7 Å². The molecule has 1 nitrogen and oxygen atoms in total. The fourth-order valence-electron chi connectivity index (χ4n) is 5.82. The minimum Gasteiger partial charge on any atom is -0.264 e. The van der Waals surface area contributed by atoms with Crippen molar-refractivity contribution in [2.45, 2.75) is 78.6 Å². The van der Waals surface area contributed by atoms with Crippen LogP contribution in [0.4, 0.5) is 0 Å². The molecular formula is C27H36ClN. The molecule has 2 heteroatoms. The van der Waals surface area contributed by atoms with Crippen LogP contribution in [-0.4, -0.2) is 4.98 Å². The molecule has 0 amide bonds. The summed E-state index contributed by atoms with van der Waals surface area (Å²) in [7, 11) is 0. The van der Waals surface area contributed by atoms with E-state index < -0.39 is 0 Å². The van der Waals surface area contributed by atoms with E-state index in [4.69, 9.17) is 11.6 Å². The smallest absolute Gasteiger partial charge is 0.0408 e. The zero-order valence-corrected chi connectivity index (χ0v) is 19.1. The average Bonchev–Trinajstić information content (AvgIpc) is 3.31. The summed E-state index contributed by atoms with van der Waals surface area (Å²) in [5.74, 6) is 1.42. The largest absolute Gasteiger partial charge is 0.264 e. The minimum atomic E-state index is 0.399. The molecule has 156 valence electrons. The first kappa shape index (κ1) is 20.9. The number of rotatable bonds is 8. The molecule has 0 spiro atoms. The van der Waals surface area contributed by atoms with Gasteiger partial charge in [0.2, 0.25) is 0 Å². The molecule has 0 bridgehead atoms.